The van der Waals surface area contributed by atoms with Crippen LogP contribution in [0.5, 0.6) is 5.75 Å². The molecule has 3 nitrogen and oxygen atoms in total. The monoisotopic (exact) mass is 269 g/mol. The average Bonchev–Trinajstić information content (AvgIpc) is 2.85. The maximum atomic E-state index is 5.97. The summed E-state index contributed by atoms with van der Waals surface area (Å²) in [6, 6.07) is 5.70. The van der Waals surface area contributed by atoms with E-state index in [4.69, 9.17) is 26.8 Å². The molecule has 0 bridgehead atoms. The van der Waals surface area contributed by atoms with Gasteiger partial charge in [0.2, 0.25) is 0 Å². The Kier molecular flexibility index (Phi) is 5.29. The minimum atomic E-state index is 0.371. The van der Waals surface area contributed by atoms with Crippen LogP contribution in [0.25, 0.3) is 0 Å². The zero-order chi connectivity index (χ0) is 12.8. The van der Waals surface area contributed by atoms with E-state index in [0.717, 1.165) is 42.2 Å². The predicted molar refractivity (Wildman–Crippen MR) is 73.3 cm³/mol. The fourth-order valence-electron chi connectivity index (χ4n) is 2.21. The van der Waals surface area contributed by atoms with E-state index in [0.29, 0.717) is 19.3 Å². The largest absolute Gasteiger partial charge is 0.493 e. The molecular formula is C14H20ClNO2. The standard InChI is InChI=1S/C14H20ClNO2/c15-12-3-4-14(11(10-12)5-7-16)18-9-6-13-2-1-8-17-13/h3-4,10,13H,1-2,5-9,16H2. The lowest BCUT2D eigenvalue weighted by atomic mass is 10.1. The molecule has 2 N–H and O–H groups in total. The van der Waals surface area contributed by atoms with Gasteiger partial charge in [0.15, 0.2) is 0 Å². The molecule has 1 fully saturated rings. The van der Waals surface area contributed by atoms with Crippen molar-refractivity contribution in [3.8, 4) is 5.75 Å². The Morgan fingerprint density at radius 1 is 1.44 bits per heavy atom. The lowest BCUT2D eigenvalue weighted by Gasteiger charge is -2.13. The van der Waals surface area contributed by atoms with Gasteiger partial charge in [-0.1, -0.05) is 11.6 Å². The number of halogens is 1. The Hall–Kier alpha value is -0.770. The number of ether oxygens (including phenoxy) is 2. The van der Waals surface area contributed by atoms with Crippen LogP contribution >= 0.6 is 11.6 Å². The second-order valence-electron chi connectivity index (χ2n) is 4.56. The van der Waals surface area contributed by atoms with E-state index in [9.17, 15) is 0 Å². The van der Waals surface area contributed by atoms with Crippen LogP contribution in [0.3, 0.4) is 0 Å². The Bertz CT molecular complexity index is 378. The van der Waals surface area contributed by atoms with Gasteiger partial charge in [-0.25, -0.2) is 0 Å². The molecule has 18 heavy (non-hydrogen) atoms. The van der Waals surface area contributed by atoms with E-state index in [-0.39, 0.29) is 0 Å². The maximum absolute atomic E-state index is 5.97. The highest BCUT2D eigenvalue weighted by Crippen LogP contribution is 2.24. The van der Waals surface area contributed by atoms with Crippen molar-refractivity contribution < 1.29 is 9.47 Å². The van der Waals surface area contributed by atoms with Crippen molar-refractivity contribution >= 4 is 11.6 Å². The Morgan fingerprint density at radius 3 is 3.06 bits per heavy atom. The topological polar surface area (TPSA) is 44.5 Å². The lowest BCUT2D eigenvalue weighted by Crippen LogP contribution is -2.12. The molecule has 4 heteroatoms. The first kappa shape index (κ1) is 13.7. The maximum Gasteiger partial charge on any atom is 0.122 e. The van der Waals surface area contributed by atoms with Gasteiger partial charge in [-0.05, 0) is 49.6 Å². The number of benzene rings is 1. The molecule has 1 aromatic rings. The molecule has 0 aliphatic carbocycles. The SMILES string of the molecule is NCCc1cc(Cl)ccc1OCCC1CCCO1. The van der Waals surface area contributed by atoms with Crippen LogP contribution in [0.15, 0.2) is 18.2 Å². The quantitative estimate of drug-likeness (QED) is 0.864. The van der Waals surface area contributed by atoms with E-state index in [1.807, 2.05) is 18.2 Å². The first-order valence-corrected chi connectivity index (χ1v) is 6.90. The van der Waals surface area contributed by atoms with Crippen molar-refractivity contribution in [2.75, 3.05) is 19.8 Å². The molecule has 1 heterocycles. The zero-order valence-corrected chi connectivity index (χ0v) is 11.3. The summed E-state index contributed by atoms with van der Waals surface area (Å²) in [5, 5.41) is 0.727. The smallest absolute Gasteiger partial charge is 0.122 e. The molecule has 2 rings (SSSR count). The Balaban J connectivity index is 1.87. The lowest BCUT2D eigenvalue weighted by molar-refractivity contribution is 0.0902. The van der Waals surface area contributed by atoms with Crippen molar-refractivity contribution in [2.24, 2.45) is 5.73 Å². The molecule has 1 unspecified atom stereocenters. The average molecular weight is 270 g/mol. The van der Waals surface area contributed by atoms with Crippen molar-refractivity contribution in [3.63, 3.8) is 0 Å². The molecule has 0 amide bonds. The number of rotatable bonds is 6. The Morgan fingerprint density at radius 2 is 2.33 bits per heavy atom. The summed E-state index contributed by atoms with van der Waals surface area (Å²) in [6.07, 6.45) is 4.43. The van der Waals surface area contributed by atoms with E-state index < -0.39 is 0 Å². The van der Waals surface area contributed by atoms with Crippen LogP contribution in [-0.2, 0) is 11.2 Å². The van der Waals surface area contributed by atoms with Crippen molar-refractivity contribution in [3.05, 3.63) is 28.8 Å². The summed E-state index contributed by atoms with van der Waals surface area (Å²) in [4.78, 5) is 0. The fraction of sp³-hybridized carbons (Fsp3) is 0.571. The van der Waals surface area contributed by atoms with Crippen LogP contribution in [0.4, 0.5) is 0 Å². The summed E-state index contributed by atoms with van der Waals surface area (Å²) in [5.41, 5.74) is 6.67. The van der Waals surface area contributed by atoms with Crippen LogP contribution in [-0.4, -0.2) is 25.9 Å². The molecule has 0 aromatic heterocycles. The molecule has 0 spiro atoms. The van der Waals surface area contributed by atoms with Gasteiger partial charge in [-0.15, -0.1) is 0 Å². The first-order chi connectivity index (χ1) is 8.79. The van der Waals surface area contributed by atoms with Gasteiger partial charge < -0.3 is 15.2 Å². The summed E-state index contributed by atoms with van der Waals surface area (Å²) < 4.78 is 11.4. The Labute approximate surface area is 113 Å². The van der Waals surface area contributed by atoms with E-state index in [1.54, 1.807) is 0 Å². The summed E-state index contributed by atoms with van der Waals surface area (Å²) >= 11 is 5.97. The van der Waals surface area contributed by atoms with Gasteiger partial charge in [0.05, 0.1) is 12.7 Å². The third-order valence-corrected chi connectivity index (χ3v) is 3.39. The van der Waals surface area contributed by atoms with Crippen LogP contribution in [0, 0.1) is 0 Å². The molecule has 1 saturated heterocycles. The third-order valence-electron chi connectivity index (χ3n) is 3.16. The normalized spacial score (nSPS) is 19.1. The summed E-state index contributed by atoms with van der Waals surface area (Å²) in [6.45, 7) is 2.18. The minimum absolute atomic E-state index is 0.371. The highest BCUT2D eigenvalue weighted by Gasteiger charge is 2.15. The van der Waals surface area contributed by atoms with Crippen LogP contribution < -0.4 is 10.5 Å². The van der Waals surface area contributed by atoms with E-state index in [1.165, 1.54) is 6.42 Å². The number of nitrogens with two attached hydrogens (primary N) is 1. The summed E-state index contributed by atoms with van der Waals surface area (Å²) in [7, 11) is 0. The van der Waals surface area contributed by atoms with Gasteiger partial charge in [0, 0.05) is 18.1 Å². The molecule has 0 saturated carbocycles. The fourth-order valence-corrected chi connectivity index (χ4v) is 2.41. The summed E-state index contributed by atoms with van der Waals surface area (Å²) in [5.74, 6) is 0.892. The number of hydrogen-bond acceptors (Lipinski definition) is 3. The van der Waals surface area contributed by atoms with Crippen molar-refractivity contribution in [2.45, 2.75) is 31.8 Å². The third kappa shape index (κ3) is 3.87. The van der Waals surface area contributed by atoms with E-state index >= 15 is 0 Å². The van der Waals surface area contributed by atoms with Gasteiger partial charge in [-0.2, -0.15) is 0 Å². The van der Waals surface area contributed by atoms with E-state index in [2.05, 4.69) is 0 Å². The highest BCUT2D eigenvalue weighted by atomic mass is 35.5. The van der Waals surface area contributed by atoms with Crippen molar-refractivity contribution in [1.29, 1.82) is 0 Å². The molecule has 1 atom stereocenters. The second-order valence-corrected chi connectivity index (χ2v) is 5.00. The first-order valence-electron chi connectivity index (χ1n) is 6.52. The molecule has 100 valence electrons. The van der Waals surface area contributed by atoms with Gasteiger partial charge in [0.1, 0.15) is 5.75 Å². The van der Waals surface area contributed by atoms with Gasteiger partial charge in [-0.3, -0.25) is 0 Å². The molecule has 1 aliphatic heterocycles. The van der Waals surface area contributed by atoms with Gasteiger partial charge >= 0.3 is 0 Å². The van der Waals surface area contributed by atoms with Gasteiger partial charge in [0.25, 0.3) is 0 Å². The molecule has 1 aromatic carbocycles. The second kappa shape index (κ2) is 6.98. The molecular weight excluding hydrogens is 250 g/mol. The predicted octanol–water partition coefficient (Wildman–Crippen LogP) is 2.79. The molecule has 1 aliphatic rings. The molecule has 0 radical (unpaired) electrons. The zero-order valence-electron chi connectivity index (χ0n) is 10.5. The van der Waals surface area contributed by atoms with Crippen molar-refractivity contribution in [1.82, 2.24) is 0 Å². The highest BCUT2D eigenvalue weighted by molar-refractivity contribution is 6.30. The van der Waals surface area contributed by atoms with Crippen LogP contribution in [0.1, 0.15) is 24.8 Å². The van der Waals surface area contributed by atoms with Crippen LogP contribution in [0.2, 0.25) is 5.02 Å². The number of hydrogen-bond donors (Lipinski definition) is 1. The minimum Gasteiger partial charge on any atom is -0.493 e.